The van der Waals surface area contributed by atoms with Gasteiger partial charge in [-0.1, -0.05) is 32.1 Å². The van der Waals surface area contributed by atoms with E-state index in [0.29, 0.717) is 6.61 Å². The summed E-state index contributed by atoms with van der Waals surface area (Å²) in [7, 11) is 0. The molecule has 1 unspecified atom stereocenters. The average Bonchev–Trinajstić information content (AvgIpc) is 2.98. The summed E-state index contributed by atoms with van der Waals surface area (Å²) in [4.78, 5) is 9.72. The van der Waals surface area contributed by atoms with E-state index >= 15 is 0 Å². The van der Waals surface area contributed by atoms with E-state index in [1.165, 1.54) is 41.6 Å². The van der Waals surface area contributed by atoms with E-state index in [0.717, 1.165) is 49.1 Å². The van der Waals surface area contributed by atoms with Crippen LogP contribution < -0.4 is 0 Å². The molecular formula is C27H36N2O. The number of unbranched alkanes of at least 4 members (excludes halogenated alkanes) is 1. The van der Waals surface area contributed by atoms with Gasteiger partial charge in [0.15, 0.2) is 0 Å². The van der Waals surface area contributed by atoms with Crippen molar-refractivity contribution in [1.82, 2.24) is 9.97 Å². The van der Waals surface area contributed by atoms with E-state index < -0.39 is 5.60 Å². The van der Waals surface area contributed by atoms with Crippen LogP contribution in [0.3, 0.4) is 0 Å². The Morgan fingerprint density at radius 1 is 1.13 bits per heavy atom. The Morgan fingerprint density at radius 2 is 1.93 bits per heavy atom. The van der Waals surface area contributed by atoms with Gasteiger partial charge in [-0.05, 0) is 82.6 Å². The molecule has 0 saturated heterocycles. The minimum atomic E-state index is -0.441. The standard InChI is InChI=1S/C27H36N2O/c1-6-9-11-15-23-25(21-17-18-28-20(4)19-21)22-14-12-10-13-16-24(22)29-26(23)27(5,7-2)30-8-3/h17-19H,6-10,12-14,16H2,1-5H3. The van der Waals surface area contributed by atoms with Crippen LogP contribution in [0, 0.1) is 18.8 Å². The number of aryl methyl sites for hydroxylation is 2. The zero-order chi connectivity index (χ0) is 21.6. The van der Waals surface area contributed by atoms with Crippen LogP contribution >= 0.6 is 0 Å². The summed E-state index contributed by atoms with van der Waals surface area (Å²) in [6.07, 6.45) is 10.5. The summed E-state index contributed by atoms with van der Waals surface area (Å²) in [5.41, 5.74) is 7.77. The molecule has 160 valence electrons. The first-order valence-corrected chi connectivity index (χ1v) is 11.7. The third kappa shape index (κ3) is 4.76. The molecule has 2 aromatic heterocycles. The topological polar surface area (TPSA) is 35.0 Å². The smallest absolute Gasteiger partial charge is 0.108 e. The quantitative estimate of drug-likeness (QED) is 0.405. The lowest BCUT2D eigenvalue weighted by atomic mass is 9.85. The van der Waals surface area contributed by atoms with Crippen molar-refractivity contribution in [3.63, 3.8) is 0 Å². The predicted octanol–water partition coefficient (Wildman–Crippen LogP) is 6.53. The van der Waals surface area contributed by atoms with Crippen LogP contribution in [0.2, 0.25) is 0 Å². The van der Waals surface area contributed by atoms with Gasteiger partial charge in [-0.15, -0.1) is 0 Å². The van der Waals surface area contributed by atoms with Crippen LogP contribution in [0.5, 0.6) is 0 Å². The summed E-state index contributed by atoms with van der Waals surface area (Å²) in [5.74, 6) is 6.97. The largest absolute Gasteiger partial charge is 0.369 e. The Hall–Kier alpha value is -2.18. The highest BCUT2D eigenvalue weighted by molar-refractivity contribution is 5.77. The third-order valence-electron chi connectivity index (χ3n) is 6.14. The fourth-order valence-corrected chi connectivity index (χ4v) is 4.38. The minimum absolute atomic E-state index is 0.441. The van der Waals surface area contributed by atoms with Crippen molar-refractivity contribution in [1.29, 1.82) is 0 Å². The average molecular weight is 405 g/mol. The van der Waals surface area contributed by atoms with Crippen LogP contribution in [0.4, 0.5) is 0 Å². The normalized spacial score (nSPS) is 15.5. The van der Waals surface area contributed by atoms with Gasteiger partial charge in [-0.2, -0.15) is 0 Å². The molecule has 3 nitrogen and oxygen atoms in total. The van der Waals surface area contributed by atoms with Crippen LogP contribution in [0.25, 0.3) is 11.1 Å². The molecule has 30 heavy (non-hydrogen) atoms. The highest BCUT2D eigenvalue weighted by atomic mass is 16.5. The first kappa shape index (κ1) is 22.5. The Morgan fingerprint density at radius 3 is 2.63 bits per heavy atom. The van der Waals surface area contributed by atoms with E-state index in [9.17, 15) is 0 Å². The number of nitrogens with zero attached hydrogens (tertiary/aromatic N) is 2. The lowest BCUT2D eigenvalue weighted by Gasteiger charge is -2.31. The first-order chi connectivity index (χ1) is 14.5. The lowest BCUT2D eigenvalue weighted by molar-refractivity contribution is -0.0358. The molecule has 1 aliphatic rings. The van der Waals surface area contributed by atoms with Crippen LogP contribution in [-0.4, -0.2) is 16.6 Å². The van der Waals surface area contributed by atoms with Crippen molar-refractivity contribution in [3.05, 3.63) is 46.5 Å². The monoisotopic (exact) mass is 404 g/mol. The van der Waals surface area contributed by atoms with Crippen molar-refractivity contribution in [2.45, 2.75) is 91.6 Å². The molecule has 1 atom stereocenters. The number of hydrogen-bond acceptors (Lipinski definition) is 3. The summed E-state index contributed by atoms with van der Waals surface area (Å²) >= 11 is 0. The van der Waals surface area contributed by atoms with Gasteiger partial charge in [-0.25, -0.2) is 0 Å². The summed E-state index contributed by atoms with van der Waals surface area (Å²) in [6.45, 7) is 11.3. The van der Waals surface area contributed by atoms with Gasteiger partial charge in [0, 0.05) is 36.2 Å². The molecule has 0 fully saturated rings. The molecule has 2 aromatic rings. The fourth-order valence-electron chi connectivity index (χ4n) is 4.38. The minimum Gasteiger partial charge on any atom is -0.369 e. The molecule has 3 heteroatoms. The number of hydrogen-bond donors (Lipinski definition) is 0. The molecule has 0 aromatic carbocycles. The Bertz CT molecular complexity index is 938. The maximum atomic E-state index is 6.31. The third-order valence-corrected chi connectivity index (χ3v) is 6.14. The second-order valence-electron chi connectivity index (χ2n) is 8.45. The molecule has 3 rings (SSSR count). The zero-order valence-corrected chi connectivity index (χ0v) is 19.4. The molecular weight excluding hydrogens is 368 g/mol. The van der Waals surface area contributed by atoms with Crippen LogP contribution in [0.1, 0.15) is 94.4 Å². The van der Waals surface area contributed by atoms with E-state index in [4.69, 9.17) is 9.72 Å². The summed E-state index contributed by atoms with van der Waals surface area (Å²) < 4.78 is 6.31. The molecule has 0 aliphatic heterocycles. The Balaban J connectivity index is 2.38. The van der Waals surface area contributed by atoms with Crippen LogP contribution in [-0.2, 0) is 23.2 Å². The molecule has 1 aliphatic carbocycles. The van der Waals surface area contributed by atoms with Gasteiger partial charge in [0.05, 0.1) is 11.3 Å². The van der Waals surface area contributed by atoms with Gasteiger partial charge in [0.1, 0.15) is 5.60 Å². The van der Waals surface area contributed by atoms with Crippen LogP contribution in [0.15, 0.2) is 18.3 Å². The SMILES string of the molecule is CCCC#Cc1c(C(C)(CC)OCC)nc2c(c1-c1ccnc(C)c1)CCCCC2. The maximum absolute atomic E-state index is 6.31. The number of pyridine rings is 2. The first-order valence-electron chi connectivity index (χ1n) is 11.7. The summed E-state index contributed by atoms with van der Waals surface area (Å²) in [5, 5.41) is 0. The molecule has 2 heterocycles. The van der Waals surface area contributed by atoms with Crippen molar-refractivity contribution < 1.29 is 4.74 Å². The highest BCUT2D eigenvalue weighted by Crippen LogP contribution is 2.40. The lowest BCUT2D eigenvalue weighted by Crippen LogP contribution is -2.29. The van der Waals surface area contributed by atoms with E-state index in [-0.39, 0.29) is 0 Å². The Labute approximate surface area is 182 Å². The molecule has 0 amide bonds. The van der Waals surface area contributed by atoms with E-state index in [1.54, 1.807) is 0 Å². The second-order valence-corrected chi connectivity index (χ2v) is 8.45. The second kappa shape index (κ2) is 10.2. The van der Waals surface area contributed by atoms with Gasteiger partial charge in [0.25, 0.3) is 0 Å². The molecule has 0 saturated carbocycles. The van der Waals surface area contributed by atoms with Gasteiger partial charge in [0.2, 0.25) is 0 Å². The molecule has 0 spiro atoms. The van der Waals surface area contributed by atoms with Crippen molar-refractivity contribution in [3.8, 4) is 23.0 Å². The van der Waals surface area contributed by atoms with Crippen molar-refractivity contribution >= 4 is 0 Å². The summed E-state index contributed by atoms with van der Waals surface area (Å²) in [6, 6.07) is 4.32. The van der Waals surface area contributed by atoms with E-state index in [1.807, 2.05) is 6.20 Å². The number of aromatic nitrogens is 2. The molecule has 0 N–H and O–H groups in total. The van der Waals surface area contributed by atoms with E-state index in [2.05, 4.69) is 63.6 Å². The number of fused-ring (bicyclic) bond motifs is 1. The highest BCUT2D eigenvalue weighted by Gasteiger charge is 2.33. The molecule has 0 bridgehead atoms. The predicted molar refractivity (Wildman–Crippen MR) is 125 cm³/mol. The molecule has 0 radical (unpaired) electrons. The Kier molecular flexibility index (Phi) is 7.67. The maximum Gasteiger partial charge on any atom is 0.108 e. The van der Waals surface area contributed by atoms with Crippen molar-refractivity contribution in [2.75, 3.05) is 6.61 Å². The number of rotatable bonds is 6. The van der Waals surface area contributed by atoms with Gasteiger partial charge >= 0.3 is 0 Å². The zero-order valence-electron chi connectivity index (χ0n) is 19.4. The van der Waals surface area contributed by atoms with Gasteiger partial charge < -0.3 is 4.74 Å². The van der Waals surface area contributed by atoms with Gasteiger partial charge in [-0.3, -0.25) is 9.97 Å². The number of ether oxygens (including phenoxy) is 1. The van der Waals surface area contributed by atoms with Crippen molar-refractivity contribution in [2.24, 2.45) is 0 Å². The fraction of sp³-hybridized carbons (Fsp3) is 0.556.